The van der Waals surface area contributed by atoms with Gasteiger partial charge in [-0.15, -0.1) is 0 Å². The lowest BCUT2D eigenvalue weighted by atomic mass is 9.94. The van der Waals surface area contributed by atoms with Crippen LogP contribution < -0.4 is 0 Å². The zero-order valence-corrected chi connectivity index (χ0v) is 14.9. The molecule has 0 amide bonds. The Balaban J connectivity index is 2.76. The van der Waals surface area contributed by atoms with Crippen LogP contribution in [-0.4, -0.2) is 24.6 Å². The summed E-state index contributed by atoms with van der Waals surface area (Å²) < 4.78 is 10.7. The van der Waals surface area contributed by atoms with Crippen LogP contribution in [0.5, 0.6) is 0 Å². The molecule has 0 radical (unpaired) electrons. The van der Waals surface area contributed by atoms with E-state index in [1.165, 1.54) is 6.08 Å². The minimum Gasteiger partial charge on any atom is -0.466 e. The highest BCUT2D eigenvalue weighted by atomic mass is 16.6. The molecule has 1 rings (SSSR count). The van der Waals surface area contributed by atoms with Crippen molar-refractivity contribution < 1.29 is 19.1 Å². The molecule has 0 N–H and O–H groups in total. The monoisotopic (exact) mass is 332 g/mol. The second-order valence-electron chi connectivity index (χ2n) is 5.66. The number of hydrogen-bond donors (Lipinski definition) is 0. The number of carbonyl (C=O) groups is 2. The van der Waals surface area contributed by atoms with Gasteiger partial charge in [-0.1, -0.05) is 57.0 Å². The van der Waals surface area contributed by atoms with Crippen molar-refractivity contribution in [3.63, 3.8) is 0 Å². The summed E-state index contributed by atoms with van der Waals surface area (Å²) in [4.78, 5) is 24.3. The van der Waals surface area contributed by atoms with Crippen LogP contribution in [0.15, 0.2) is 36.4 Å². The molecular formula is C20H28O4. The highest BCUT2D eigenvalue weighted by Crippen LogP contribution is 2.21. The van der Waals surface area contributed by atoms with Crippen LogP contribution in [-0.2, 0) is 19.1 Å². The van der Waals surface area contributed by atoms with Gasteiger partial charge in [-0.2, -0.15) is 0 Å². The molecule has 2 unspecified atom stereocenters. The summed E-state index contributed by atoms with van der Waals surface area (Å²) in [7, 11) is 0. The van der Waals surface area contributed by atoms with Gasteiger partial charge in [-0.3, -0.25) is 4.79 Å². The Morgan fingerprint density at radius 2 is 1.71 bits per heavy atom. The molecular weight excluding hydrogens is 304 g/mol. The van der Waals surface area contributed by atoms with Gasteiger partial charge in [-0.25, -0.2) is 4.79 Å². The first-order valence-electron chi connectivity index (χ1n) is 8.72. The average molecular weight is 332 g/mol. The number of carbonyl (C=O) groups excluding carboxylic acids is 2. The molecule has 0 aromatic heterocycles. The van der Waals surface area contributed by atoms with Crippen LogP contribution in [0.2, 0.25) is 0 Å². The van der Waals surface area contributed by atoms with Crippen molar-refractivity contribution in [1.29, 1.82) is 0 Å². The van der Waals surface area contributed by atoms with E-state index in [4.69, 9.17) is 9.47 Å². The SMILES string of the molecule is CCCC(OC(=O)/C=C/c1ccccc1)C(CCC)C(=O)OCC. The van der Waals surface area contributed by atoms with Crippen LogP contribution >= 0.6 is 0 Å². The van der Waals surface area contributed by atoms with E-state index >= 15 is 0 Å². The first-order chi connectivity index (χ1) is 11.6. The standard InChI is InChI=1S/C20H28O4/c1-4-10-17(20(22)23-6-3)18(11-5-2)24-19(21)15-14-16-12-8-7-9-13-16/h7-9,12-15,17-18H,4-6,10-11H2,1-3H3/b15-14+. The smallest absolute Gasteiger partial charge is 0.331 e. The van der Waals surface area contributed by atoms with Crippen LogP contribution in [0.25, 0.3) is 6.08 Å². The fourth-order valence-corrected chi connectivity index (χ4v) is 2.56. The van der Waals surface area contributed by atoms with Gasteiger partial charge in [0.25, 0.3) is 0 Å². The summed E-state index contributed by atoms with van der Waals surface area (Å²) in [6.45, 7) is 6.13. The molecule has 4 heteroatoms. The predicted octanol–water partition coefficient (Wildman–Crippen LogP) is 4.39. The lowest BCUT2D eigenvalue weighted by Crippen LogP contribution is -2.33. The summed E-state index contributed by atoms with van der Waals surface area (Å²) in [5, 5.41) is 0. The zero-order chi connectivity index (χ0) is 17.8. The molecule has 0 saturated heterocycles. The second kappa shape index (κ2) is 11.4. The number of ether oxygens (including phenoxy) is 2. The largest absolute Gasteiger partial charge is 0.466 e. The molecule has 2 atom stereocenters. The molecule has 0 bridgehead atoms. The van der Waals surface area contributed by atoms with Crippen molar-refractivity contribution in [3.8, 4) is 0 Å². The zero-order valence-electron chi connectivity index (χ0n) is 14.9. The summed E-state index contributed by atoms with van der Waals surface area (Å²) in [6.07, 6.45) is 5.65. The fraction of sp³-hybridized carbons (Fsp3) is 0.500. The van der Waals surface area contributed by atoms with E-state index in [2.05, 4.69) is 0 Å². The van der Waals surface area contributed by atoms with E-state index in [-0.39, 0.29) is 5.97 Å². The Morgan fingerprint density at radius 1 is 1.04 bits per heavy atom. The van der Waals surface area contributed by atoms with E-state index in [0.717, 1.165) is 18.4 Å². The van der Waals surface area contributed by atoms with Crippen molar-refractivity contribution >= 4 is 18.0 Å². The quantitative estimate of drug-likeness (QED) is 0.471. The maximum atomic E-state index is 12.2. The summed E-state index contributed by atoms with van der Waals surface area (Å²) in [6, 6.07) is 9.55. The van der Waals surface area contributed by atoms with Gasteiger partial charge >= 0.3 is 11.9 Å². The number of benzene rings is 1. The van der Waals surface area contributed by atoms with Gasteiger partial charge in [0, 0.05) is 6.08 Å². The van der Waals surface area contributed by atoms with Crippen molar-refractivity contribution in [3.05, 3.63) is 42.0 Å². The number of hydrogen-bond acceptors (Lipinski definition) is 4. The molecule has 0 spiro atoms. The molecule has 0 heterocycles. The van der Waals surface area contributed by atoms with Crippen LogP contribution in [0.1, 0.15) is 52.0 Å². The van der Waals surface area contributed by atoms with Crippen molar-refractivity contribution in [2.45, 2.75) is 52.6 Å². The Hall–Kier alpha value is -2.10. The minimum atomic E-state index is -0.443. The molecule has 0 aliphatic rings. The molecule has 0 saturated carbocycles. The minimum absolute atomic E-state index is 0.280. The fourth-order valence-electron chi connectivity index (χ4n) is 2.56. The third kappa shape index (κ3) is 6.99. The van der Waals surface area contributed by atoms with Crippen molar-refractivity contribution in [2.75, 3.05) is 6.61 Å². The lowest BCUT2D eigenvalue weighted by molar-refractivity contribution is -0.159. The average Bonchev–Trinajstić information content (AvgIpc) is 2.58. The predicted molar refractivity (Wildman–Crippen MR) is 95.3 cm³/mol. The molecule has 0 aliphatic heterocycles. The van der Waals surface area contributed by atoms with Gasteiger partial charge < -0.3 is 9.47 Å². The topological polar surface area (TPSA) is 52.6 Å². The van der Waals surface area contributed by atoms with Crippen molar-refractivity contribution in [2.24, 2.45) is 5.92 Å². The molecule has 0 aliphatic carbocycles. The van der Waals surface area contributed by atoms with E-state index in [9.17, 15) is 9.59 Å². The lowest BCUT2D eigenvalue weighted by Gasteiger charge is -2.24. The van der Waals surface area contributed by atoms with Crippen LogP contribution in [0.3, 0.4) is 0 Å². The number of esters is 2. The summed E-state index contributed by atoms with van der Waals surface area (Å²) in [5.74, 6) is -1.11. The molecule has 24 heavy (non-hydrogen) atoms. The number of rotatable bonds is 10. The van der Waals surface area contributed by atoms with E-state index in [1.54, 1.807) is 13.0 Å². The Bertz CT molecular complexity index is 522. The van der Waals surface area contributed by atoms with E-state index in [0.29, 0.717) is 19.4 Å². The third-order valence-corrected chi connectivity index (χ3v) is 3.69. The first-order valence-corrected chi connectivity index (χ1v) is 8.72. The van der Waals surface area contributed by atoms with Crippen LogP contribution in [0.4, 0.5) is 0 Å². The van der Waals surface area contributed by atoms with Gasteiger partial charge in [0.1, 0.15) is 6.10 Å². The van der Waals surface area contributed by atoms with Crippen molar-refractivity contribution in [1.82, 2.24) is 0 Å². The molecule has 1 aromatic rings. The van der Waals surface area contributed by atoms with E-state index < -0.39 is 18.0 Å². The first kappa shape index (κ1) is 19.9. The van der Waals surface area contributed by atoms with Gasteiger partial charge in [0.2, 0.25) is 0 Å². The molecule has 4 nitrogen and oxygen atoms in total. The highest BCUT2D eigenvalue weighted by molar-refractivity contribution is 5.87. The summed E-state index contributed by atoms with van der Waals surface area (Å²) >= 11 is 0. The third-order valence-electron chi connectivity index (χ3n) is 3.69. The second-order valence-corrected chi connectivity index (χ2v) is 5.66. The molecule has 0 fully saturated rings. The normalized spacial score (nSPS) is 13.5. The van der Waals surface area contributed by atoms with E-state index in [1.807, 2.05) is 44.2 Å². The van der Waals surface area contributed by atoms with Gasteiger partial charge in [0.15, 0.2) is 0 Å². The Kier molecular flexibility index (Phi) is 9.51. The maximum absolute atomic E-state index is 12.2. The maximum Gasteiger partial charge on any atom is 0.331 e. The van der Waals surface area contributed by atoms with Gasteiger partial charge in [0.05, 0.1) is 12.5 Å². The van der Waals surface area contributed by atoms with Gasteiger partial charge in [-0.05, 0) is 31.4 Å². The molecule has 1 aromatic carbocycles. The Labute approximate surface area is 144 Å². The Morgan fingerprint density at radius 3 is 2.29 bits per heavy atom. The molecule has 132 valence electrons. The highest BCUT2D eigenvalue weighted by Gasteiger charge is 2.30. The summed E-state index contributed by atoms with van der Waals surface area (Å²) in [5.41, 5.74) is 0.928. The van der Waals surface area contributed by atoms with Crippen LogP contribution in [0, 0.1) is 5.92 Å².